The molecule has 1 aromatic carbocycles. The summed E-state index contributed by atoms with van der Waals surface area (Å²) < 4.78 is 12.8. The Labute approximate surface area is 140 Å². The maximum atomic E-state index is 12.8. The van der Waals surface area contributed by atoms with E-state index in [1.54, 1.807) is 18.2 Å². The highest BCUT2D eigenvalue weighted by Crippen LogP contribution is 2.04. The molecule has 1 heterocycles. The van der Waals surface area contributed by atoms with Crippen LogP contribution in [0, 0.1) is 5.82 Å². The molecule has 2 amide bonds. The van der Waals surface area contributed by atoms with Crippen molar-refractivity contribution in [3.05, 3.63) is 65.2 Å². The Morgan fingerprint density at radius 3 is 2.46 bits per heavy atom. The first kappa shape index (κ1) is 17.6. The van der Waals surface area contributed by atoms with Crippen molar-refractivity contribution in [2.75, 3.05) is 13.1 Å². The van der Waals surface area contributed by atoms with Crippen LogP contribution in [-0.4, -0.2) is 29.9 Å². The monoisotopic (exact) mass is 329 g/mol. The van der Waals surface area contributed by atoms with Crippen molar-refractivity contribution in [3.63, 3.8) is 0 Å². The minimum atomic E-state index is -0.345. The molecule has 0 aliphatic rings. The zero-order chi connectivity index (χ0) is 17.4. The van der Waals surface area contributed by atoms with E-state index in [2.05, 4.69) is 15.6 Å². The minimum absolute atomic E-state index is 0.193. The van der Waals surface area contributed by atoms with Crippen LogP contribution in [0.3, 0.4) is 0 Å². The molecule has 0 saturated carbocycles. The second-order valence-electron chi connectivity index (χ2n) is 5.32. The maximum absolute atomic E-state index is 12.8. The molecule has 0 radical (unpaired) electrons. The van der Waals surface area contributed by atoms with E-state index in [0.29, 0.717) is 25.1 Å². The molecular formula is C18H20FN3O2. The molecule has 0 atom stereocenters. The molecule has 24 heavy (non-hydrogen) atoms. The van der Waals surface area contributed by atoms with E-state index in [1.165, 1.54) is 24.4 Å². The van der Waals surface area contributed by atoms with Crippen LogP contribution in [0.5, 0.6) is 0 Å². The van der Waals surface area contributed by atoms with Crippen LogP contribution in [0.25, 0.3) is 0 Å². The van der Waals surface area contributed by atoms with Gasteiger partial charge in [-0.15, -0.1) is 0 Å². The first-order valence-corrected chi connectivity index (χ1v) is 7.87. The van der Waals surface area contributed by atoms with Gasteiger partial charge < -0.3 is 10.6 Å². The van der Waals surface area contributed by atoms with Crippen molar-refractivity contribution in [2.45, 2.75) is 19.8 Å². The first-order chi connectivity index (χ1) is 11.6. The summed E-state index contributed by atoms with van der Waals surface area (Å²) in [6.07, 6.45) is 2.87. The largest absolute Gasteiger partial charge is 0.352 e. The van der Waals surface area contributed by atoms with E-state index < -0.39 is 0 Å². The molecule has 0 spiro atoms. The van der Waals surface area contributed by atoms with Crippen LogP contribution in [0.15, 0.2) is 42.6 Å². The number of amides is 2. The maximum Gasteiger partial charge on any atom is 0.269 e. The van der Waals surface area contributed by atoms with E-state index >= 15 is 0 Å². The Morgan fingerprint density at radius 1 is 1.04 bits per heavy atom. The van der Waals surface area contributed by atoms with Crippen molar-refractivity contribution >= 4 is 11.8 Å². The summed E-state index contributed by atoms with van der Waals surface area (Å²) in [6.45, 7) is 2.95. The molecule has 0 fully saturated rings. The number of hydrogen-bond donors (Lipinski definition) is 2. The van der Waals surface area contributed by atoms with Gasteiger partial charge >= 0.3 is 0 Å². The van der Waals surface area contributed by atoms with Gasteiger partial charge in [-0.3, -0.25) is 14.6 Å². The van der Waals surface area contributed by atoms with Gasteiger partial charge in [-0.1, -0.05) is 19.1 Å². The average molecular weight is 329 g/mol. The number of pyridine rings is 1. The highest BCUT2D eigenvalue weighted by atomic mass is 19.1. The van der Waals surface area contributed by atoms with Gasteiger partial charge in [0.2, 0.25) is 0 Å². The van der Waals surface area contributed by atoms with E-state index in [4.69, 9.17) is 0 Å². The first-order valence-electron chi connectivity index (χ1n) is 7.87. The SMILES string of the molecule is CCCNC(=O)c1ccnc(C(=O)NCCc2ccc(F)cc2)c1. The van der Waals surface area contributed by atoms with Gasteiger partial charge in [0, 0.05) is 24.8 Å². The minimum Gasteiger partial charge on any atom is -0.352 e. The summed E-state index contributed by atoms with van der Waals surface area (Å²) in [5, 5.41) is 5.50. The van der Waals surface area contributed by atoms with Crippen molar-refractivity contribution in [1.29, 1.82) is 0 Å². The number of halogens is 1. The molecule has 1 aromatic heterocycles. The Hall–Kier alpha value is -2.76. The molecule has 0 saturated heterocycles. The van der Waals surface area contributed by atoms with E-state index in [-0.39, 0.29) is 23.3 Å². The molecule has 2 aromatic rings. The summed E-state index contributed by atoms with van der Waals surface area (Å²) in [6, 6.07) is 9.17. The van der Waals surface area contributed by atoms with Crippen LogP contribution in [-0.2, 0) is 6.42 Å². The zero-order valence-corrected chi connectivity index (χ0v) is 13.5. The number of nitrogens with one attached hydrogen (secondary N) is 2. The highest BCUT2D eigenvalue weighted by molar-refractivity contribution is 5.98. The van der Waals surface area contributed by atoms with Gasteiger partial charge in [0.05, 0.1) is 0 Å². The molecule has 2 rings (SSSR count). The van der Waals surface area contributed by atoms with Gasteiger partial charge in [-0.05, 0) is 42.7 Å². The summed E-state index contributed by atoms with van der Waals surface area (Å²) in [4.78, 5) is 28.0. The third-order valence-electron chi connectivity index (χ3n) is 3.40. The Balaban J connectivity index is 1.90. The van der Waals surface area contributed by atoms with Gasteiger partial charge in [-0.25, -0.2) is 4.39 Å². The highest BCUT2D eigenvalue weighted by Gasteiger charge is 2.11. The van der Waals surface area contributed by atoms with Crippen LogP contribution in [0.1, 0.15) is 39.8 Å². The molecule has 5 nitrogen and oxygen atoms in total. The molecule has 0 aliphatic heterocycles. The molecule has 126 valence electrons. The number of rotatable bonds is 7. The van der Waals surface area contributed by atoms with Crippen LogP contribution in [0.2, 0.25) is 0 Å². The lowest BCUT2D eigenvalue weighted by atomic mass is 10.1. The second-order valence-corrected chi connectivity index (χ2v) is 5.32. The zero-order valence-electron chi connectivity index (χ0n) is 13.5. The summed E-state index contributed by atoms with van der Waals surface area (Å²) >= 11 is 0. The third-order valence-corrected chi connectivity index (χ3v) is 3.40. The van der Waals surface area contributed by atoms with E-state index in [1.807, 2.05) is 6.92 Å². The fraction of sp³-hybridized carbons (Fsp3) is 0.278. The quantitative estimate of drug-likeness (QED) is 0.819. The van der Waals surface area contributed by atoms with E-state index in [9.17, 15) is 14.0 Å². The second kappa shape index (κ2) is 8.76. The van der Waals surface area contributed by atoms with Crippen LogP contribution in [0.4, 0.5) is 4.39 Å². The molecule has 0 bridgehead atoms. The molecule has 2 N–H and O–H groups in total. The van der Waals surface area contributed by atoms with Gasteiger partial charge in [0.25, 0.3) is 11.8 Å². The third kappa shape index (κ3) is 5.15. The number of aromatic nitrogens is 1. The molecule has 6 heteroatoms. The Morgan fingerprint density at radius 2 is 1.75 bits per heavy atom. The standard InChI is InChI=1S/C18H20FN3O2/c1-2-9-21-17(23)14-8-11-20-16(12-14)18(24)22-10-7-13-3-5-15(19)6-4-13/h3-6,8,11-12H,2,7,9-10H2,1H3,(H,21,23)(H,22,24). The van der Waals surface area contributed by atoms with E-state index in [0.717, 1.165) is 12.0 Å². The van der Waals surface area contributed by atoms with Crippen molar-refractivity contribution in [1.82, 2.24) is 15.6 Å². The van der Waals surface area contributed by atoms with Crippen molar-refractivity contribution in [2.24, 2.45) is 0 Å². The predicted molar refractivity (Wildman–Crippen MR) is 89.3 cm³/mol. The average Bonchev–Trinajstić information content (AvgIpc) is 2.61. The number of nitrogens with zero attached hydrogens (tertiary/aromatic N) is 1. The van der Waals surface area contributed by atoms with Crippen molar-refractivity contribution in [3.8, 4) is 0 Å². The molecule has 0 unspecified atom stereocenters. The Bertz CT molecular complexity index is 702. The molecule has 0 aliphatic carbocycles. The predicted octanol–water partition coefficient (Wildman–Crippen LogP) is 2.33. The lowest BCUT2D eigenvalue weighted by molar-refractivity contribution is 0.0949. The lowest BCUT2D eigenvalue weighted by Gasteiger charge is -2.07. The van der Waals surface area contributed by atoms with Gasteiger partial charge in [0.1, 0.15) is 11.5 Å². The molecular weight excluding hydrogens is 309 g/mol. The van der Waals surface area contributed by atoms with Crippen LogP contribution >= 0.6 is 0 Å². The Kier molecular flexibility index (Phi) is 6.42. The van der Waals surface area contributed by atoms with Crippen molar-refractivity contribution < 1.29 is 14.0 Å². The fourth-order valence-electron chi connectivity index (χ4n) is 2.10. The van der Waals surface area contributed by atoms with Gasteiger partial charge in [0.15, 0.2) is 0 Å². The smallest absolute Gasteiger partial charge is 0.269 e. The number of hydrogen-bond acceptors (Lipinski definition) is 3. The summed E-state index contributed by atoms with van der Waals surface area (Å²) in [5.41, 5.74) is 1.53. The topological polar surface area (TPSA) is 71.1 Å². The number of carbonyl (C=O) groups is 2. The lowest BCUT2D eigenvalue weighted by Crippen LogP contribution is -2.28. The van der Waals surface area contributed by atoms with Gasteiger partial charge in [-0.2, -0.15) is 0 Å². The summed E-state index contributed by atoms with van der Waals surface area (Å²) in [7, 11) is 0. The number of carbonyl (C=O) groups excluding carboxylic acids is 2. The fourth-order valence-corrected chi connectivity index (χ4v) is 2.10. The summed E-state index contributed by atoms with van der Waals surface area (Å²) in [5.74, 6) is -0.855. The normalized spacial score (nSPS) is 10.2. The number of benzene rings is 1. The van der Waals surface area contributed by atoms with Crippen LogP contribution < -0.4 is 10.6 Å².